The first kappa shape index (κ1) is 34.5. The molecule has 1 aliphatic heterocycles. The predicted molar refractivity (Wildman–Crippen MR) is 183 cm³/mol. The van der Waals surface area contributed by atoms with E-state index in [9.17, 15) is 14.7 Å². The van der Waals surface area contributed by atoms with E-state index in [-0.39, 0.29) is 64.9 Å². The van der Waals surface area contributed by atoms with Gasteiger partial charge in [-0.1, -0.05) is 51.5 Å². The van der Waals surface area contributed by atoms with E-state index in [0.29, 0.717) is 6.61 Å². The Kier molecular flexibility index (Phi) is 9.15. The summed E-state index contributed by atoms with van der Waals surface area (Å²) in [5.41, 5.74) is 0.969. The fraction of sp³-hybridized carbons (Fsp3) is 0.775. The van der Waals surface area contributed by atoms with E-state index in [4.69, 9.17) is 9.47 Å². The number of aryl methyl sites for hydroxylation is 2. The molecule has 4 aliphatic carbocycles. The number of hydrogen-bond acceptors (Lipinski definition) is 6. The molecule has 1 aromatic heterocycles. The Labute approximate surface area is 283 Å². The Morgan fingerprint density at radius 2 is 1.79 bits per heavy atom. The van der Waals surface area contributed by atoms with Crippen molar-refractivity contribution in [2.45, 2.75) is 137 Å². The van der Waals surface area contributed by atoms with Crippen molar-refractivity contribution in [1.82, 2.24) is 9.55 Å². The maximum Gasteiger partial charge on any atom is 0.312 e. The fourth-order valence-electron chi connectivity index (χ4n) is 12.4. The molecule has 0 radical (unpaired) electrons. The number of hydrogen-bond donors (Lipinski definition) is 1. The largest absolute Gasteiger partial charge is 0.465 e. The summed E-state index contributed by atoms with van der Waals surface area (Å²) in [5.74, 6) is 1.44. The van der Waals surface area contributed by atoms with Crippen molar-refractivity contribution in [2.75, 3.05) is 6.61 Å². The first-order chi connectivity index (χ1) is 22.2. The second kappa shape index (κ2) is 12.5. The van der Waals surface area contributed by atoms with Crippen LogP contribution in [0.5, 0.6) is 0 Å². The first-order valence-corrected chi connectivity index (χ1v) is 18.5. The molecular weight excluding hydrogens is 588 g/mol. The van der Waals surface area contributed by atoms with Gasteiger partial charge in [0.15, 0.2) is 0 Å². The lowest BCUT2D eigenvalue weighted by molar-refractivity contribution is -0.260. The zero-order chi connectivity index (χ0) is 33.9. The SMILES string of the molecule is C=C(C)[C@@H]1CC[C@]2(C(=O)OCCCCCCn3ccnc3C)CC[C@]3(C)[C@H](C[C@H]4OC(=O)C[C@@H](O)[C@]5(C)[C@@H]4[C@@]3(C)CC[C@H]5C(=C)C)[C@@H]12. The van der Waals surface area contributed by atoms with E-state index in [1.54, 1.807) is 0 Å². The Balaban J connectivity index is 1.24. The van der Waals surface area contributed by atoms with E-state index in [2.05, 4.69) is 57.3 Å². The number of carbonyl (C=O) groups excluding carboxylic acids is 2. The standard InChI is InChI=1S/C40H60N2O5/c1-25(2)28-13-16-40(36(45)46-22-12-10-9-11-20-42-21-19-41-27(42)5)18-17-37(6)30(34(28)40)23-31-35-38(37,7)15-14-29(26(3)4)39(35,8)32(43)24-33(44)47-31/h19,21,28-32,34-35,43H,1,3,9-18,20,22-24H2,2,4-8H3/t28-,29-,30+,31+,32+,34+,35-,37+,38+,39+,40-/m0/s1. The number of fused-ring (bicyclic) bond motifs is 4. The van der Waals surface area contributed by atoms with E-state index in [0.717, 1.165) is 94.1 Å². The van der Waals surface area contributed by atoms with Gasteiger partial charge in [0.05, 0.1) is 24.5 Å². The second-order valence-electron chi connectivity index (χ2n) is 17.1. The molecule has 1 N–H and O–H groups in total. The minimum Gasteiger partial charge on any atom is -0.465 e. The third-order valence-corrected chi connectivity index (χ3v) is 15.0. The molecule has 5 fully saturated rings. The topological polar surface area (TPSA) is 90.7 Å². The minimum absolute atomic E-state index is 0.0151. The zero-order valence-electron chi connectivity index (χ0n) is 30.0. The average Bonchev–Trinajstić information content (AvgIpc) is 3.58. The summed E-state index contributed by atoms with van der Waals surface area (Å²) >= 11 is 0. The van der Waals surface area contributed by atoms with Crippen molar-refractivity contribution in [3.05, 3.63) is 42.5 Å². The highest BCUT2D eigenvalue weighted by atomic mass is 16.5. The molecule has 4 saturated carbocycles. The summed E-state index contributed by atoms with van der Waals surface area (Å²) in [6, 6.07) is 0. The Morgan fingerprint density at radius 3 is 2.47 bits per heavy atom. The molecule has 5 aliphatic rings. The Morgan fingerprint density at radius 1 is 1.04 bits per heavy atom. The van der Waals surface area contributed by atoms with Gasteiger partial charge in [-0.2, -0.15) is 0 Å². The number of nitrogens with zero attached hydrogens (tertiary/aromatic N) is 2. The lowest BCUT2D eigenvalue weighted by atomic mass is 9.33. The number of aliphatic hydroxyl groups is 1. The minimum atomic E-state index is -0.770. The van der Waals surface area contributed by atoms with Gasteiger partial charge >= 0.3 is 11.9 Å². The highest BCUT2D eigenvalue weighted by molar-refractivity contribution is 5.78. The maximum absolute atomic E-state index is 14.3. The van der Waals surface area contributed by atoms with Crippen LogP contribution in [0.3, 0.4) is 0 Å². The molecule has 11 atom stereocenters. The van der Waals surface area contributed by atoms with E-state index in [1.165, 1.54) is 0 Å². The Bertz CT molecular complexity index is 1400. The quantitative estimate of drug-likeness (QED) is 0.157. The van der Waals surface area contributed by atoms with Gasteiger partial charge in [0, 0.05) is 30.3 Å². The van der Waals surface area contributed by atoms with Gasteiger partial charge in [-0.25, -0.2) is 4.98 Å². The molecule has 1 aromatic rings. The molecule has 260 valence electrons. The van der Waals surface area contributed by atoms with Gasteiger partial charge in [-0.05, 0) is 119 Å². The van der Waals surface area contributed by atoms with Crippen molar-refractivity contribution in [2.24, 2.45) is 51.2 Å². The van der Waals surface area contributed by atoms with Crippen molar-refractivity contribution >= 4 is 11.9 Å². The molecule has 0 unspecified atom stereocenters. The maximum atomic E-state index is 14.3. The van der Waals surface area contributed by atoms with Crippen LogP contribution in [0.2, 0.25) is 0 Å². The van der Waals surface area contributed by atoms with Crippen molar-refractivity contribution < 1.29 is 24.2 Å². The number of rotatable bonds is 10. The van der Waals surface area contributed by atoms with Gasteiger partial charge in [0.1, 0.15) is 11.9 Å². The fourth-order valence-corrected chi connectivity index (χ4v) is 12.4. The van der Waals surface area contributed by atoms with Crippen LogP contribution in [-0.2, 0) is 25.6 Å². The van der Waals surface area contributed by atoms with Gasteiger partial charge in [0.2, 0.25) is 0 Å². The number of esters is 2. The van der Waals surface area contributed by atoms with Crippen LogP contribution < -0.4 is 0 Å². The van der Waals surface area contributed by atoms with Crippen LogP contribution in [0.4, 0.5) is 0 Å². The van der Waals surface area contributed by atoms with Crippen molar-refractivity contribution in [1.29, 1.82) is 0 Å². The second-order valence-corrected chi connectivity index (χ2v) is 17.1. The lowest BCUT2D eigenvalue weighted by Gasteiger charge is -2.71. The summed E-state index contributed by atoms with van der Waals surface area (Å²) in [5, 5.41) is 11.7. The summed E-state index contributed by atoms with van der Waals surface area (Å²) in [7, 11) is 0. The van der Waals surface area contributed by atoms with Crippen LogP contribution in [-0.4, -0.2) is 45.4 Å². The molecule has 7 nitrogen and oxygen atoms in total. The molecule has 47 heavy (non-hydrogen) atoms. The molecule has 2 heterocycles. The van der Waals surface area contributed by atoms with E-state index in [1.807, 2.05) is 19.3 Å². The number of aliphatic hydroxyl groups excluding tert-OH is 1. The number of imidazole rings is 1. The monoisotopic (exact) mass is 648 g/mol. The number of ether oxygens (including phenoxy) is 2. The van der Waals surface area contributed by atoms with Gasteiger partial charge < -0.3 is 19.1 Å². The van der Waals surface area contributed by atoms with Gasteiger partial charge in [0.25, 0.3) is 0 Å². The lowest BCUT2D eigenvalue weighted by Crippen LogP contribution is -2.69. The summed E-state index contributed by atoms with van der Waals surface area (Å²) in [6.07, 6.45) is 13.2. The average molecular weight is 649 g/mol. The van der Waals surface area contributed by atoms with Gasteiger partial charge in [-0.15, -0.1) is 0 Å². The number of unbranched alkanes of at least 4 members (excludes halogenated alkanes) is 3. The highest BCUT2D eigenvalue weighted by Crippen LogP contribution is 2.77. The molecule has 0 spiro atoms. The first-order valence-electron chi connectivity index (χ1n) is 18.5. The molecule has 7 heteroatoms. The predicted octanol–water partition coefficient (Wildman–Crippen LogP) is 8.00. The molecule has 0 amide bonds. The molecular formula is C40H60N2O5. The molecule has 1 saturated heterocycles. The molecule has 6 rings (SSSR count). The molecule has 0 bridgehead atoms. The molecule has 0 aromatic carbocycles. The van der Waals surface area contributed by atoms with Crippen LogP contribution >= 0.6 is 0 Å². The van der Waals surface area contributed by atoms with Gasteiger partial charge in [-0.3, -0.25) is 9.59 Å². The summed E-state index contributed by atoms with van der Waals surface area (Å²) in [4.78, 5) is 31.9. The van der Waals surface area contributed by atoms with Crippen molar-refractivity contribution in [3.63, 3.8) is 0 Å². The Hall–Kier alpha value is -2.41. The summed E-state index contributed by atoms with van der Waals surface area (Å²) < 4.78 is 14.8. The highest BCUT2D eigenvalue weighted by Gasteiger charge is 2.74. The third kappa shape index (κ3) is 5.27. The van der Waals surface area contributed by atoms with E-state index < -0.39 is 16.9 Å². The third-order valence-electron chi connectivity index (χ3n) is 15.0. The van der Waals surface area contributed by atoms with E-state index >= 15 is 0 Å². The normalized spacial score (nSPS) is 42.4. The van der Waals surface area contributed by atoms with Crippen molar-refractivity contribution in [3.8, 4) is 0 Å². The number of aromatic nitrogens is 2. The number of allylic oxidation sites excluding steroid dienone is 2. The summed E-state index contributed by atoms with van der Waals surface area (Å²) in [6.45, 7) is 23.6. The van der Waals surface area contributed by atoms with Crippen LogP contribution in [0.25, 0.3) is 0 Å². The number of carbonyl (C=O) groups is 2. The van der Waals surface area contributed by atoms with Crippen LogP contribution in [0.15, 0.2) is 36.7 Å². The van der Waals surface area contributed by atoms with Crippen LogP contribution in [0.1, 0.15) is 117 Å². The van der Waals surface area contributed by atoms with Crippen LogP contribution in [0, 0.1) is 58.2 Å². The smallest absolute Gasteiger partial charge is 0.312 e. The zero-order valence-corrected chi connectivity index (χ0v) is 30.0.